The van der Waals surface area contributed by atoms with Gasteiger partial charge >= 0.3 is 5.69 Å². The van der Waals surface area contributed by atoms with Crippen molar-refractivity contribution < 1.29 is 22.9 Å². The van der Waals surface area contributed by atoms with E-state index in [0.29, 0.717) is 43.4 Å². The first-order valence-corrected chi connectivity index (χ1v) is 11.2. The number of nitro groups is 1. The van der Waals surface area contributed by atoms with Crippen molar-refractivity contribution in [3.05, 3.63) is 45.8 Å². The van der Waals surface area contributed by atoms with Crippen molar-refractivity contribution in [2.45, 2.75) is 32.2 Å². The molecule has 3 rings (SSSR count). The van der Waals surface area contributed by atoms with Crippen molar-refractivity contribution >= 4 is 27.3 Å². The van der Waals surface area contributed by atoms with Crippen LogP contribution in [0.25, 0.3) is 0 Å². The summed E-state index contributed by atoms with van der Waals surface area (Å²) in [5.41, 5.74) is 1.09. The fourth-order valence-corrected chi connectivity index (χ4v) is 4.79. The van der Waals surface area contributed by atoms with Crippen molar-refractivity contribution in [1.82, 2.24) is 14.1 Å². The molecule has 1 aliphatic heterocycles. The number of aromatic nitrogens is 2. The molecule has 1 aromatic heterocycles. The summed E-state index contributed by atoms with van der Waals surface area (Å²) in [7, 11) is -3.60. The molecule has 0 bridgehead atoms. The first-order valence-electron chi connectivity index (χ1n) is 9.78. The predicted octanol–water partition coefficient (Wildman–Crippen LogP) is 1.70. The van der Waals surface area contributed by atoms with Gasteiger partial charge in [-0.05, 0) is 38.1 Å². The van der Waals surface area contributed by atoms with E-state index in [2.05, 4.69) is 10.4 Å². The summed E-state index contributed by atoms with van der Waals surface area (Å²) in [6.45, 7) is 6.36. The molecule has 2 heterocycles. The molecule has 0 aliphatic carbocycles. The molecule has 1 fully saturated rings. The van der Waals surface area contributed by atoms with E-state index >= 15 is 0 Å². The second-order valence-electron chi connectivity index (χ2n) is 7.39. The van der Waals surface area contributed by atoms with Crippen LogP contribution in [0.1, 0.15) is 18.3 Å². The Morgan fingerprint density at radius 2 is 1.87 bits per heavy atom. The van der Waals surface area contributed by atoms with Gasteiger partial charge in [0.05, 0.1) is 35.5 Å². The Kier molecular flexibility index (Phi) is 6.72. The number of hydrogen-bond acceptors (Lipinski definition) is 7. The first kappa shape index (κ1) is 22.8. The number of morpholine rings is 1. The lowest BCUT2D eigenvalue weighted by Crippen LogP contribution is -2.40. The Balaban J connectivity index is 1.65. The van der Waals surface area contributed by atoms with E-state index in [9.17, 15) is 23.3 Å². The molecular formula is C19H25N5O6S. The van der Waals surface area contributed by atoms with Gasteiger partial charge in [0, 0.05) is 18.8 Å². The molecule has 31 heavy (non-hydrogen) atoms. The first-order chi connectivity index (χ1) is 14.6. The molecule has 12 heteroatoms. The molecular weight excluding hydrogens is 426 g/mol. The SMILES string of the molecule is Cc1nn(CC(C)C(=O)Nc2ccc(S(=O)(=O)N3CCOCC3)cc2)c(C)c1[N+](=O)[O-]. The van der Waals surface area contributed by atoms with Gasteiger partial charge in [-0.25, -0.2) is 8.42 Å². The second kappa shape index (κ2) is 9.12. The van der Waals surface area contributed by atoms with Crippen LogP contribution in [0.2, 0.25) is 0 Å². The number of amides is 1. The molecule has 1 amide bonds. The van der Waals surface area contributed by atoms with Crippen LogP contribution in [-0.4, -0.2) is 59.6 Å². The fourth-order valence-electron chi connectivity index (χ4n) is 3.38. The molecule has 2 aromatic rings. The molecule has 0 radical (unpaired) electrons. The summed E-state index contributed by atoms with van der Waals surface area (Å²) in [6, 6.07) is 5.98. The maximum Gasteiger partial charge on any atom is 0.312 e. The highest BCUT2D eigenvalue weighted by molar-refractivity contribution is 7.89. The van der Waals surface area contributed by atoms with Crippen LogP contribution in [0.3, 0.4) is 0 Å². The third-order valence-electron chi connectivity index (χ3n) is 5.15. The zero-order valence-corrected chi connectivity index (χ0v) is 18.4. The highest BCUT2D eigenvalue weighted by Gasteiger charge is 2.27. The van der Waals surface area contributed by atoms with Crippen LogP contribution < -0.4 is 5.32 Å². The molecule has 11 nitrogen and oxygen atoms in total. The van der Waals surface area contributed by atoms with Crippen LogP contribution in [-0.2, 0) is 26.1 Å². The average Bonchev–Trinajstić information content (AvgIpc) is 3.02. The Morgan fingerprint density at radius 1 is 1.26 bits per heavy atom. The van der Waals surface area contributed by atoms with E-state index in [1.54, 1.807) is 20.8 Å². The number of anilines is 1. The molecule has 1 aliphatic rings. The monoisotopic (exact) mass is 451 g/mol. The summed E-state index contributed by atoms with van der Waals surface area (Å²) >= 11 is 0. The summed E-state index contributed by atoms with van der Waals surface area (Å²) < 4.78 is 33.4. The highest BCUT2D eigenvalue weighted by Crippen LogP contribution is 2.23. The fraction of sp³-hybridized carbons (Fsp3) is 0.474. The van der Waals surface area contributed by atoms with Gasteiger partial charge in [0.1, 0.15) is 11.4 Å². The summed E-state index contributed by atoms with van der Waals surface area (Å²) in [4.78, 5) is 23.4. The molecule has 1 saturated heterocycles. The maximum absolute atomic E-state index is 12.7. The topological polar surface area (TPSA) is 137 Å². The molecule has 1 N–H and O–H groups in total. The largest absolute Gasteiger partial charge is 0.379 e. The van der Waals surface area contributed by atoms with Gasteiger partial charge in [-0.15, -0.1) is 0 Å². The summed E-state index contributed by atoms with van der Waals surface area (Å²) in [6.07, 6.45) is 0. The van der Waals surface area contributed by atoms with Gasteiger partial charge in [-0.2, -0.15) is 9.40 Å². The van der Waals surface area contributed by atoms with Crippen LogP contribution in [0, 0.1) is 29.9 Å². The number of carbonyl (C=O) groups is 1. The summed E-state index contributed by atoms with van der Waals surface area (Å²) in [5.74, 6) is -0.826. The second-order valence-corrected chi connectivity index (χ2v) is 9.33. The lowest BCUT2D eigenvalue weighted by Gasteiger charge is -2.26. The predicted molar refractivity (Wildman–Crippen MR) is 112 cm³/mol. The van der Waals surface area contributed by atoms with Crippen LogP contribution in [0.5, 0.6) is 0 Å². The number of hydrogen-bond donors (Lipinski definition) is 1. The minimum atomic E-state index is -3.60. The lowest BCUT2D eigenvalue weighted by molar-refractivity contribution is -0.386. The van der Waals surface area contributed by atoms with Crippen molar-refractivity contribution in [3.8, 4) is 0 Å². The average molecular weight is 452 g/mol. The number of nitrogens with one attached hydrogen (secondary N) is 1. The Bertz CT molecular complexity index is 1070. The third-order valence-corrected chi connectivity index (χ3v) is 7.06. The Labute approximate surface area is 180 Å². The molecule has 1 unspecified atom stereocenters. The number of rotatable bonds is 7. The van der Waals surface area contributed by atoms with Gasteiger partial charge in [-0.1, -0.05) is 6.92 Å². The van der Waals surface area contributed by atoms with Gasteiger partial charge in [-0.3, -0.25) is 19.6 Å². The lowest BCUT2D eigenvalue weighted by atomic mass is 10.1. The van der Waals surface area contributed by atoms with Crippen LogP contribution in [0.4, 0.5) is 11.4 Å². The summed E-state index contributed by atoms with van der Waals surface area (Å²) in [5, 5.41) is 18.0. The zero-order valence-electron chi connectivity index (χ0n) is 17.6. The smallest absolute Gasteiger partial charge is 0.312 e. The Morgan fingerprint density at radius 3 is 2.42 bits per heavy atom. The van der Waals surface area contributed by atoms with E-state index < -0.39 is 20.9 Å². The standard InChI is InChI=1S/C19H25N5O6S/c1-13(12-23-15(3)18(24(26)27)14(2)21-23)19(25)20-16-4-6-17(7-5-16)31(28,29)22-8-10-30-11-9-22/h4-7,13H,8-12H2,1-3H3,(H,20,25). The zero-order chi connectivity index (χ0) is 22.8. The molecule has 0 saturated carbocycles. The van der Waals surface area contributed by atoms with E-state index in [1.165, 1.54) is 33.3 Å². The van der Waals surface area contributed by atoms with Gasteiger partial charge in [0.15, 0.2) is 0 Å². The van der Waals surface area contributed by atoms with Gasteiger partial charge in [0.2, 0.25) is 15.9 Å². The minimum Gasteiger partial charge on any atom is -0.379 e. The van der Waals surface area contributed by atoms with Crippen LogP contribution >= 0.6 is 0 Å². The number of carbonyl (C=O) groups excluding carboxylic acids is 1. The molecule has 0 spiro atoms. The number of aryl methyl sites for hydroxylation is 1. The minimum absolute atomic E-state index is 0.0512. The van der Waals surface area contributed by atoms with Crippen molar-refractivity contribution in [3.63, 3.8) is 0 Å². The normalized spacial score (nSPS) is 16.1. The van der Waals surface area contributed by atoms with E-state index in [-0.39, 0.29) is 23.0 Å². The highest BCUT2D eigenvalue weighted by atomic mass is 32.2. The molecule has 1 aromatic carbocycles. The van der Waals surface area contributed by atoms with Crippen LogP contribution in [0.15, 0.2) is 29.2 Å². The Hall–Kier alpha value is -2.83. The van der Waals surface area contributed by atoms with Crippen molar-refractivity contribution in [2.75, 3.05) is 31.6 Å². The van der Waals surface area contributed by atoms with Crippen molar-refractivity contribution in [1.29, 1.82) is 0 Å². The number of nitrogens with zero attached hydrogens (tertiary/aromatic N) is 4. The van der Waals surface area contributed by atoms with Crippen molar-refractivity contribution in [2.24, 2.45) is 5.92 Å². The maximum atomic E-state index is 12.7. The third kappa shape index (κ3) is 4.92. The van der Waals surface area contributed by atoms with Gasteiger partial charge < -0.3 is 10.1 Å². The quantitative estimate of drug-likeness (QED) is 0.500. The van der Waals surface area contributed by atoms with Gasteiger partial charge in [0.25, 0.3) is 0 Å². The molecule has 168 valence electrons. The number of ether oxygens (including phenoxy) is 1. The van der Waals surface area contributed by atoms with E-state index in [4.69, 9.17) is 4.74 Å². The van der Waals surface area contributed by atoms with E-state index in [1.807, 2.05) is 0 Å². The number of sulfonamides is 1. The molecule has 1 atom stereocenters. The van der Waals surface area contributed by atoms with E-state index in [0.717, 1.165) is 0 Å². The number of benzene rings is 1.